The van der Waals surface area contributed by atoms with Gasteiger partial charge in [0.05, 0.1) is 18.8 Å². The number of halogens is 1. The number of nitrogens with zero attached hydrogens (tertiary/aromatic N) is 1. The van der Waals surface area contributed by atoms with E-state index in [4.69, 9.17) is 22.1 Å². The van der Waals surface area contributed by atoms with Gasteiger partial charge in [-0.1, -0.05) is 17.7 Å². The number of amides is 1. The first-order valence-electron chi connectivity index (χ1n) is 7.38. The molecule has 0 aliphatic carbocycles. The molecule has 1 heterocycles. The van der Waals surface area contributed by atoms with Crippen molar-refractivity contribution >= 4 is 34.6 Å². The van der Waals surface area contributed by atoms with Crippen LogP contribution in [0.2, 0.25) is 5.02 Å². The summed E-state index contributed by atoms with van der Waals surface area (Å²) >= 11 is 5.93. The zero-order valence-electron chi connectivity index (χ0n) is 12.8. The van der Waals surface area contributed by atoms with Crippen molar-refractivity contribution < 1.29 is 9.53 Å². The Morgan fingerprint density at radius 1 is 1.39 bits per heavy atom. The van der Waals surface area contributed by atoms with Crippen molar-refractivity contribution in [1.29, 1.82) is 0 Å². The summed E-state index contributed by atoms with van der Waals surface area (Å²) in [7, 11) is 0. The molecule has 0 aromatic heterocycles. The van der Waals surface area contributed by atoms with E-state index in [1.54, 1.807) is 30.3 Å². The van der Waals surface area contributed by atoms with Crippen LogP contribution >= 0.6 is 11.6 Å². The van der Waals surface area contributed by atoms with E-state index >= 15 is 0 Å². The summed E-state index contributed by atoms with van der Waals surface area (Å²) < 4.78 is 5.79. The van der Waals surface area contributed by atoms with Gasteiger partial charge in [-0.2, -0.15) is 0 Å². The predicted octanol–water partition coefficient (Wildman–Crippen LogP) is 3.15. The number of hydrogen-bond donors (Lipinski definition) is 2. The Hall–Kier alpha value is -2.40. The van der Waals surface area contributed by atoms with Crippen LogP contribution in [0.15, 0.2) is 42.5 Å². The van der Waals surface area contributed by atoms with Gasteiger partial charge in [-0.15, -0.1) is 0 Å². The fraction of sp³-hybridized carbons (Fsp3) is 0.235. The lowest BCUT2D eigenvalue weighted by atomic mass is 10.2. The molecule has 0 bridgehead atoms. The van der Waals surface area contributed by atoms with Crippen molar-refractivity contribution in [1.82, 2.24) is 0 Å². The van der Waals surface area contributed by atoms with E-state index in [9.17, 15) is 4.79 Å². The standard InChI is InChI=1S/C17H18ClN3O2/c1-11-9-21(15-8-13(19)5-6-16(15)23-11)10-17(22)20-14-4-2-3-12(18)7-14/h2-8,11H,9-10,19H2,1H3,(H,20,22). The molecule has 0 fully saturated rings. The first kappa shape index (κ1) is 15.5. The number of carbonyl (C=O) groups excluding carboxylic acids is 1. The van der Waals surface area contributed by atoms with Gasteiger partial charge < -0.3 is 20.7 Å². The van der Waals surface area contributed by atoms with Crippen LogP contribution in [0.5, 0.6) is 5.75 Å². The molecule has 1 amide bonds. The molecule has 3 N–H and O–H groups in total. The van der Waals surface area contributed by atoms with Gasteiger partial charge in [0.2, 0.25) is 5.91 Å². The molecular formula is C17H18ClN3O2. The van der Waals surface area contributed by atoms with Crippen LogP contribution in [0.25, 0.3) is 0 Å². The maximum absolute atomic E-state index is 12.3. The third kappa shape index (κ3) is 3.68. The molecule has 0 spiro atoms. The van der Waals surface area contributed by atoms with Crippen molar-refractivity contribution in [2.45, 2.75) is 13.0 Å². The zero-order chi connectivity index (χ0) is 16.4. The lowest BCUT2D eigenvalue weighted by Crippen LogP contribution is -2.42. The van der Waals surface area contributed by atoms with E-state index in [0.717, 1.165) is 11.4 Å². The second-order valence-corrected chi connectivity index (χ2v) is 6.03. The highest BCUT2D eigenvalue weighted by Crippen LogP contribution is 2.34. The van der Waals surface area contributed by atoms with Crippen LogP contribution in [-0.4, -0.2) is 25.1 Å². The van der Waals surface area contributed by atoms with Gasteiger partial charge in [0.15, 0.2) is 0 Å². The number of nitrogens with one attached hydrogen (secondary N) is 1. The van der Waals surface area contributed by atoms with E-state index in [-0.39, 0.29) is 18.6 Å². The molecule has 120 valence electrons. The Balaban J connectivity index is 1.75. The van der Waals surface area contributed by atoms with E-state index in [1.807, 2.05) is 24.0 Å². The van der Waals surface area contributed by atoms with Crippen LogP contribution < -0.4 is 20.7 Å². The summed E-state index contributed by atoms with van der Waals surface area (Å²) in [6.07, 6.45) is 0.00472. The molecule has 1 atom stereocenters. The van der Waals surface area contributed by atoms with E-state index < -0.39 is 0 Å². The van der Waals surface area contributed by atoms with Gasteiger partial charge in [-0.05, 0) is 43.3 Å². The molecular weight excluding hydrogens is 314 g/mol. The lowest BCUT2D eigenvalue weighted by molar-refractivity contribution is -0.115. The fourth-order valence-electron chi connectivity index (χ4n) is 2.63. The Morgan fingerprint density at radius 2 is 2.22 bits per heavy atom. The SMILES string of the molecule is CC1CN(CC(=O)Nc2cccc(Cl)c2)c2cc(N)ccc2O1. The molecule has 1 unspecified atom stereocenters. The van der Waals surface area contributed by atoms with Crippen molar-refractivity contribution in [2.24, 2.45) is 0 Å². The van der Waals surface area contributed by atoms with Crippen LogP contribution in [-0.2, 0) is 4.79 Å². The minimum absolute atomic E-state index is 0.00472. The van der Waals surface area contributed by atoms with Crippen LogP contribution in [0.4, 0.5) is 17.1 Å². The molecule has 5 nitrogen and oxygen atoms in total. The lowest BCUT2D eigenvalue weighted by Gasteiger charge is -2.34. The van der Waals surface area contributed by atoms with Crippen molar-refractivity contribution in [3.63, 3.8) is 0 Å². The molecule has 1 aliphatic rings. The molecule has 0 saturated carbocycles. The second-order valence-electron chi connectivity index (χ2n) is 5.59. The maximum atomic E-state index is 12.3. The molecule has 1 aliphatic heterocycles. The summed E-state index contributed by atoms with van der Waals surface area (Å²) in [5.74, 6) is 0.628. The first-order valence-corrected chi connectivity index (χ1v) is 7.75. The molecule has 6 heteroatoms. The number of rotatable bonds is 3. The van der Waals surface area contributed by atoms with Crippen LogP contribution in [0, 0.1) is 0 Å². The van der Waals surface area contributed by atoms with E-state index in [2.05, 4.69) is 5.32 Å². The normalized spacial score (nSPS) is 16.4. The first-order chi connectivity index (χ1) is 11.0. The smallest absolute Gasteiger partial charge is 0.243 e. The number of fused-ring (bicyclic) bond motifs is 1. The number of hydrogen-bond acceptors (Lipinski definition) is 4. The van der Waals surface area contributed by atoms with Gasteiger partial charge in [-0.3, -0.25) is 4.79 Å². The summed E-state index contributed by atoms with van der Waals surface area (Å²) in [4.78, 5) is 14.3. The minimum Gasteiger partial charge on any atom is -0.487 e. The predicted molar refractivity (Wildman–Crippen MR) is 93.2 cm³/mol. The molecule has 0 saturated heterocycles. The largest absolute Gasteiger partial charge is 0.487 e. The van der Waals surface area contributed by atoms with Gasteiger partial charge in [0.25, 0.3) is 0 Å². The Bertz CT molecular complexity index is 736. The number of ether oxygens (including phenoxy) is 1. The van der Waals surface area contributed by atoms with Crippen molar-refractivity contribution in [3.05, 3.63) is 47.5 Å². The maximum Gasteiger partial charge on any atom is 0.243 e. The monoisotopic (exact) mass is 331 g/mol. The zero-order valence-corrected chi connectivity index (χ0v) is 13.5. The van der Waals surface area contributed by atoms with Crippen LogP contribution in [0.3, 0.4) is 0 Å². The highest BCUT2D eigenvalue weighted by molar-refractivity contribution is 6.30. The number of nitrogen functional groups attached to an aromatic ring is 1. The van der Waals surface area contributed by atoms with Crippen molar-refractivity contribution in [3.8, 4) is 5.75 Å². The summed E-state index contributed by atoms with van der Waals surface area (Å²) in [5, 5.41) is 3.44. The number of benzene rings is 2. The van der Waals surface area contributed by atoms with E-state index in [0.29, 0.717) is 22.9 Å². The summed E-state index contributed by atoms with van der Waals surface area (Å²) in [5.41, 5.74) is 8.01. The fourth-order valence-corrected chi connectivity index (χ4v) is 2.82. The average Bonchev–Trinajstić information content (AvgIpc) is 2.48. The second kappa shape index (κ2) is 6.38. The Labute approximate surface area is 140 Å². The van der Waals surface area contributed by atoms with E-state index in [1.165, 1.54) is 0 Å². The summed E-state index contributed by atoms with van der Waals surface area (Å²) in [6.45, 7) is 2.82. The third-order valence-electron chi connectivity index (χ3n) is 3.57. The molecule has 0 radical (unpaired) electrons. The number of anilines is 3. The Morgan fingerprint density at radius 3 is 3.00 bits per heavy atom. The quantitative estimate of drug-likeness (QED) is 0.848. The number of nitrogens with two attached hydrogens (primary N) is 1. The van der Waals surface area contributed by atoms with Gasteiger partial charge in [0, 0.05) is 16.4 Å². The van der Waals surface area contributed by atoms with Crippen LogP contribution in [0.1, 0.15) is 6.92 Å². The van der Waals surface area contributed by atoms with Gasteiger partial charge in [0.1, 0.15) is 11.9 Å². The average molecular weight is 332 g/mol. The third-order valence-corrected chi connectivity index (χ3v) is 3.81. The molecule has 23 heavy (non-hydrogen) atoms. The number of carbonyl (C=O) groups is 1. The molecule has 2 aromatic carbocycles. The minimum atomic E-state index is -0.116. The molecule has 2 aromatic rings. The highest BCUT2D eigenvalue weighted by Gasteiger charge is 2.24. The highest BCUT2D eigenvalue weighted by atomic mass is 35.5. The van der Waals surface area contributed by atoms with Gasteiger partial charge >= 0.3 is 0 Å². The Kier molecular flexibility index (Phi) is 4.30. The molecule has 3 rings (SSSR count). The summed E-state index contributed by atoms with van der Waals surface area (Å²) in [6, 6.07) is 12.5. The van der Waals surface area contributed by atoms with Gasteiger partial charge in [-0.25, -0.2) is 0 Å². The topological polar surface area (TPSA) is 67.6 Å². The van der Waals surface area contributed by atoms with Crippen molar-refractivity contribution in [2.75, 3.05) is 29.0 Å².